The average Bonchev–Trinajstić information content (AvgIpc) is 2.71. The van der Waals surface area contributed by atoms with Gasteiger partial charge in [0.2, 0.25) is 5.91 Å². The molecule has 0 aliphatic heterocycles. The van der Waals surface area contributed by atoms with E-state index in [2.05, 4.69) is 16.7 Å². The van der Waals surface area contributed by atoms with Crippen molar-refractivity contribution in [1.29, 1.82) is 0 Å². The number of hydrogen-bond acceptors (Lipinski definition) is 3. The van der Waals surface area contributed by atoms with Gasteiger partial charge in [-0.1, -0.05) is 42.5 Å². The van der Waals surface area contributed by atoms with Crippen LogP contribution >= 0.6 is 0 Å². The third-order valence-corrected chi connectivity index (χ3v) is 4.70. The molecule has 0 aromatic heterocycles. The molecule has 0 spiro atoms. The smallest absolute Gasteiger partial charge is 0.228 e. The summed E-state index contributed by atoms with van der Waals surface area (Å²) in [7, 11) is 1.69. The summed E-state index contributed by atoms with van der Waals surface area (Å²) in [6.07, 6.45) is 1.25. The van der Waals surface area contributed by atoms with Gasteiger partial charge in [0, 0.05) is 17.9 Å². The Morgan fingerprint density at radius 3 is 2.21 bits per heavy atom. The zero-order valence-electron chi connectivity index (χ0n) is 16.4. The van der Waals surface area contributed by atoms with Gasteiger partial charge in [-0.05, 0) is 60.4 Å². The summed E-state index contributed by atoms with van der Waals surface area (Å²) < 4.78 is 5.38. The van der Waals surface area contributed by atoms with Crippen LogP contribution in [0.25, 0.3) is 0 Å². The Morgan fingerprint density at radius 2 is 1.50 bits per heavy atom. The van der Waals surface area contributed by atoms with Gasteiger partial charge in [-0.15, -0.1) is 0 Å². The van der Waals surface area contributed by atoms with Crippen LogP contribution in [0.4, 0.5) is 11.4 Å². The minimum Gasteiger partial charge on any atom is -0.496 e. The summed E-state index contributed by atoms with van der Waals surface area (Å²) in [5.41, 5.74) is 5.18. The molecular formula is C24H26N2O2. The minimum atomic E-state index is -0.00816. The number of aryl methyl sites for hydroxylation is 1. The number of carbonyl (C=O) groups is 1. The van der Waals surface area contributed by atoms with E-state index in [9.17, 15) is 4.79 Å². The van der Waals surface area contributed by atoms with E-state index in [0.29, 0.717) is 6.42 Å². The van der Waals surface area contributed by atoms with E-state index in [-0.39, 0.29) is 5.91 Å². The van der Waals surface area contributed by atoms with Crippen molar-refractivity contribution >= 4 is 17.3 Å². The van der Waals surface area contributed by atoms with Gasteiger partial charge >= 0.3 is 0 Å². The fraction of sp³-hybridized carbons (Fsp3) is 0.208. The standard InChI is InChI=1S/C24H26N2O2/c1-18-7-3-4-9-20(18)17-24(27)26-22-13-11-21(12-14-22)25-16-15-19-8-5-6-10-23(19)28-2/h3-14,25H,15-17H2,1-2H3,(H,26,27). The lowest BCUT2D eigenvalue weighted by Gasteiger charge is -2.11. The van der Waals surface area contributed by atoms with Crippen molar-refractivity contribution in [3.63, 3.8) is 0 Å². The van der Waals surface area contributed by atoms with E-state index in [0.717, 1.165) is 41.2 Å². The van der Waals surface area contributed by atoms with Crippen LogP contribution < -0.4 is 15.4 Å². The Morgan fingerprint density at radius 1 is 0.857 bits per heavy atom. The molecule has 0 heterocycles. The molecule has 0 aliphatic carbocycles. The number of methoxy groups -OCH3 is 1. The van der Waals surface area contributed by atoms with Crippen molar-refractivity contribution in [2.45, 2.75) is 19.8 Å². The second-order valence-corrected chi connectivity index (χ2v) is 6.72. The topological polar surface area (TPSA) is 50.4 Å². The highest BCUT2D eigenvalue weighted by atomic mass is 16.5. The highest BCUT2D eigenvalue weighted by Gasteiger charge is 2.06. The van der Waals surface area contributed by atoms with E-state index in [1.165, 1.54) is 5.56 Å². The number of benzene rings is 3. The molecule has 1 amide bonds. The monoisotopic (exact) mass is 374 g/mol. The van der Waals surface area contributed by atoms with Crippen molar-refractivity contribution in [1.82, 2.24) is 0 Å². The van der Waals surface area contributed by atoms with Gasteiger partial charge in [-0.25, -0.2) is 0 Å². The first-order valence-corrected chi connectivity index (χ1v) is 9.46. The number of ether oxygens (including phenoxy) is 1. The maximum Gasteiger partial charge on any atom is 0.228 e. The van der Waals surface area contributed by atoms with Crippen molar-refractivity contribution in [2.75, 3.05) is 24.3 Å². The molecule has 0 radical (unpaired) electrons. The number of rotatable bonds is 8. The number of para-hydroxylation sites is 1. The number of nitrogens with one attached hydrogen (secondary N) is 2. The second-order valence-electron chi connectivity index (χ2n) is 6.72. The first kappa shape index (κ1) is 19.5. The quantitative estimate of drug-likeness (QED) is 0.593. The highest BCUT2D eigenvalue weighted by Crippen LogP contribution is 2.19. The Hall–Kier alpha value is -3.27. The molecular weight excluding hydrogens is 348 g/mol. The third kappa shape index (κ3) is 5.36. The summed E-state index contributed by atoms with van der Waals surface area (Å²) in [5, 5.41) is 6.36. The number of hydrogen-bond donors (Lipinski definition) is 2. The predicted octanol–water partition coefficient (Wildman–Crippen LogP) is 4.84. The van der Waals surface area contributed by atoms with E-state index >= 15 is 0 Å². The molecule has 0 fully saturated rings. The van der Waals surface area contributed by atoms with Crippen LogP contribution in [-0.2, 0) is 17.6 Å². The average molecular weight is 374 g/mol. The summed E-state index contributed by atoms with van der Waals surface area (Å²) in [5.74, 6) is 0.905. The molecule has 0 saturated carbocycles. The van der Waals surface area contributed by atoms with Crippen molar-refractivity contribution < 1.29 is 9.53 Å². The third-order valence-electron chi connectivity index (χ3n) is 4.70. The van der Waals surface area contributed by atoms with Gasteiger partial charge in [-0.3, -0.25) is 4.79 Å². The first-order valence-electron chi connectivity index (χ1n) is 9.46. The molecule has 0 atom stereocenters. The van der Waals surface area contributed by atoms with Gasteiger partial charge in [0.1, 0.15) is 5.75 Å². The zero-order valence-corrected chi connectivity index (χ0v) is 16.4. The second kappa shape index (κ2) is 9.60. The molecule has 0 bridgehead atoms. The first-order chi connectivity index (χ1) is 13.7. The van der Waals surface area contributed by atoms with Crippen LogP contribution in [0.5, 0.6) is 5.75 Å². The zero-order chi connectivity index (χ0) is 19.8. The fourth-order valence-electron chi connectivity index (χ4n) is 3.11. The molecule has 3 rings (SSSR count). The minimum absolute atomic E-state index is 0.00816. The largest absolute Gasteiger partial charge is 0.496 e. The maximum atomic E-state index is 12.3. The number of amides is 1. The van der Waals surface area contributed by atoms with Crippen LogP contribution in [0.1, 0.15) is 16.7 Å². The molecule has 4 nitrogen and oxygen atoms in total. The predicted molar refractivity (Wildman–Crippen MR) is 115 cm³/mol. The SMILES string of the molecule is COc1ccccc1CCNc1ccc(NC(=O)Cc2ccccc2C)cc1. The fourth-order valence-corrected chi connectivity index (χ4v) is 3.11. The molecule has 3 aromatic rings. The van der Waals surface area contributed by atoms with Crippen molar-refractivity contribution in [3.8, 4) is 5.75 Å². The summed E-state index contributed by atoms with van der Waals surface area (Å²) in [6.45, 7) is 2.83. The highest BCUT2D eigenvalue weighted by molar-refractivity contribution is 5.92. The normalized spacial score (nSPS) is 10.4. The van der Waals surface area contributed by atoms with Crippen molar-refractivity contribution in [3.05, 3.63) is 89.5 Å². The summed E-state index contributed by atoms with van der Waals surface area (Å²) >= 11 is 0. The number of carbonyl (C=O) groups excluding carboxylic acids is 1. The Labute approximate surface area is 166 Å². The van der Waals surface area contributed by atoms with E-state index in [1.807, 2.05) is 73.7 Å². The van der Waals surface area contributed by atoms with Gasteiger partial charge in [-0.2, -0.15) is 0 Å². The van der Waals surface area contributed by atoms with Crippen LogP contribution in [0, 0.1) is 6.92 Å². The van der Waals surface area contributed by atoms with Crippen LogP contribution in [0.15, 0.2) is 72.8 Å². The molecule has 2 N–H and O–H groups in total. The van der Waals surface area contributed by atoms with E-state index in [1.54, 1.807) is 7.11 Å². The maximum absolute atomic E-state index is 12.3. The van der Waals surface area contributed by atoms with Crippen LogP contribution in [-0.4, -0.2) is 19.6 Å². The Bertz CT molecular complexity index is 920. The van der Waals surface area contributed by atoms with Crippen LogP contribution in [0.2, 0.25) is 0 Å². The number of anilines is 2. The lowest BCUT2D eigenvalue weighted by molar-refractivity contribution is -0.115. The lowest BCUT2D eigenvalue weighted by Crippen LogP contribution is -2.15. The molecule has 4 heteroatoms. The van der Waals surface area contributed by atoms with E-state index < -0.39 is 0 Å². The van der Waals surface area contributed by atoms with Gasteiger partial charge in [0.15, 0.2) is 0 Å². The summed E-state index contributed by atoms with van der Waals surface area (Å²) in [6, 6.07) is 23.8. The molecule has 0 saturated heterocycles. The lowest BCUT2D eigenvalue weighted by atomic mass is 10.1. The Balaban J connectivity index is 1.49. The van der Waals surface area contributed by atoms with Gasteiger partial charge < -0.3 is 15.4 Å². The molecule has 0 aliphatic rings. The van der Waals surface area contributed by atoms with E-state index in [4.69, 9.17) is 4.74 Å². The van der Waals surface area contributed by atoms with Crippen molar-refractivity contribution in [2.24, 2.45) is 0 Å². The molecule has 28 heavy (non-hydrogen) atoms. The molecule has 144 valence electrons. The summed E-state index contributed by atoms with van der Waals surface area (Å²) in [4.78, 5) is 12.3. The molecule has 0 unspecified atom stereocenters. The van der Waals surface area contributed by atoms with Gasteiger partial charge in [0.25, 0.3) is 0 Å². The Kier molecular flexibility index (Phi) is 6.68. The van der Waals surface area contributed by atoms with Gasteiger partial charge in [0.05, 0.1) is 13.5 Å². The molecule has 3 aromatic carbocycles. The van der Waals surface area contributed by atoms with Crippen LogP contribution in [0.3, 0.4) is 0 Å².